The highest BCUT2D eigenvalue weighted by Crippen LogP contribution is 2.29. The van der Waals surface area contributed by atoms with Gasteiger partial charge < -0.3 is 19.5 Å². The lowest BCUT2D eigenvalue weighted by Gasteiger charge is -2.16. The number of carbonyl (C=O) groups excluding carboxylic acids is 1. The molecule has 1 aromatic heterocycles. The molecule has 1 amide bonds. The smallest absolute Gasteiger partial charge is 0.247 e. The molecular weight excluding hydrogens is 458 g/mol. The summed E-state index contributed by atoms with van der Waals surface area (Å²) in [5.41, 5.74) is 1.66. The minimum absolute atomic E-state index is 0.125. The topological polar surface area (TPSA) is 100 Å². The fourth-order valence-corrected chi connectivity index (χ4v) is 3.86. The van der Waals surface area contributed by atoms with Crippen LogP contribution < -0.4 is 14.8 Å². The summed E-state index contributed by atoms with van der Waals surface area (Å²) < 4.78 is 17.0. The first kappa shape index (κ1) is 24.0. The number of halogens is 1. The van der Waals surface area contributed by atoms with Gasteiger partial charge in [-0.3, -0.25) is 4.79 Å². The monoisotopic (exact) mass is 485 g/mol. The molecule has 0 bridgehead atoms. The van der Waals surface area contributed by atoms with Gasteiger partial charge in [-0.15, -0.1) is 10.2 Å². The van der Waals surface area contributed by atoms with Gasteiger partial charge in [-0.25, -0.2) is 0 Å². The zero-order valence-electron chi connectivity index (χ0n) is 19.2. The number of carbonyl (C=O) groups is 1. The van der Waals surface area contributed by atoms with Crippen molar-refractivity contribution < 1.29 is 19.0 Å². The van der Waals surface area contributed by atoms with Crippen molar-refractivity contribution >= 4 is 17.5 Å². The maximum atomic E-state index is 12.9. The number of rotatable bonds is 10. The highest BCUT2D eigenvalue weighted by atomic mass is 35.5. The zero-order chi connectivity index (χ0) is 23.9. The van der Waals surface area contributed by atoms with E-state index in [2.05, 4.69) is 20.7 Å². The van der Waals surface area contributed by atoms with E-state index in [-0.39, 0.29) is 12.0 Å². The molecule has 9 nitrogen and oxygen atoms in total. The number of methoxy groups -OCH3 is 1. The molecular formula is C24H28ClN5O4. The van der Waals surface area contributed by atoms with Crippen LogP contribution in [0.2, 0.25) is 5.02 Å². The molecule has 2 aromatic carbocycles. The molecule has 1 aliphatic rings. The molecule has 0 radical (unpaired) electrons. The van der Waals surface area contributed by atoms with Crippen LogP contribution in [-0.2, 0) is 16.1 Å². The molecule has 2 unspecified atom stereocenters. The first-order valence-corrected chi connectivity index (χ1v) is 11.7. The Hall–Kier alpha value is -3.17. The number of tetrazole rings is 1. The van der Waals surface area contributed by atoms with E-state index >= 15 is 0 Å². The van der Waals surface area contributed by atoms with Crippen LogP contribution in [0, 0.1) is 0 Å². The third-order valence-electron chi connectivity index (χ3n) is 5.64. The average Bonchev–Trinajstić information content (AvgIpc) is 3.55. The Balaban J connectivity index is 1.36. The van der Waals surface area contributed by atoms with Crippen LogP contribution >= 0.6 is 11.6 Å². The molecule has 34 heavy (non-hydrogen) atoms. The van der Waals surface area contributed by atoms with Gasteiger partial charge >= 0.3 is 0 Å². The second-order valence-corrected chi connectivity index (χ2v) is 8.45. The van der Waals surface area contributed by atoms with Crippen LogP contribution in [-0.4, -0.2) is 52.5 Å². The van der Waals surface area contributed by atoms with Crippen molar-refractivity contribution in [2.75, 3.05) is 20.3 Å². The van der Waals surface area contributed by atoms with E-state index in [1.54, 1.807) is 19.2 Å². The Bertz CT molecular complexity index is 1100. The summed E-state index contributed by atoms with van der Waals surface area (Å²) in [6.07, 6.45) is 2.71. The molecule has 4 rings (SSSR count). The van der Waals surface area contributed by atoms with Crippen molar-refractivity contribution in [3.63, 3.8) is 0 Å². The van der Waals surface area contributed by atoms with Gasteiger partial charge in [-0.2, -0.15) is 4.80 Å². The zero-order valence-corrected chi connectivity index (χ0v) is 20.0. The van der Waals surface area contributed by atoms with Gasteiger partial charge in [0.2, 0.25) is 11.7 Å². The van der Waals surface area contributed by atoms with Gasteiger partial charge in [0, 0.05) is 23.7 Å². The Morgan fingerprint density at radius 1 is 1.26 bits per heavy atom. The molecule has 0 saturated carbocycles. The number of hydrogen-bond acceptors (Lipinski definition) is 7. The van der Waals surface area contributed by atoms with Crippen molar-refractivity contribution in [1.29, 1.82) is 0 Å². The summed E-state index contributed by atoms with van der Waals surface area (Å²) >= 11 is 5.94. The predicted molar refractivity (Wildman–Crippen MR) is 127 cm³/mol. The van der Waals surface area contributed by atoms with Gasteiger partial charge in [-0.05, 0) is 66.4 Å². The predicted octanol–water partition coefficient (Wildman–Crippen LogP) is 3.83. The second-order valence-electron chi connectivity index (χ2n) is 8.01. The molecule has 2 atom stereocenters. The van der Waals surface area contributed by atoms with E-state index in [4.69, 9.17) is 25.8 Å². The molecule has 1 fully saturated rings. The number of nitrogens with one attached hydrogen (secondary N) is 1. The number of aromatic nitrogens is 4. The SMILES string of the molecule is CCC(C(=O)NCc1ccc(OCC2CCCO2)c(OC)c1)n1nnc(-c2ccc(Cl)cc2)n1. The van der Waals surface area contributed by atoms with E-state index in [1.807, 2.05) is 37.3 Å². The minimum atomic E-state index is -0.579. The lowest BCUT2D eigenvalue weighted by Crippen LogP contribution is -2.33. The van der Waals surface area contributed by atoms with Crippen LogP contribution in [0.25, 0.3) is 11.4 Å². The van der Waals surface area contributed by atoms with E-state index in [0.717, 1.165) is 30.6 Å². The summed E-state index contributed by atoms with van der Waals surface area (Å²) in [6.45, 7) is 3.51. The fourth-order valence-electron chi connectivity index (χ4n) is 3.73. The molecule has 180 valence electrons. The highest BCUT2D eigenvalue weighted by Gasteiger charge is 2.22. The van der Waals surface area contributed by atoms with Crippen LogP contribution in [0.15, 0.2) is 42.5 Å². The maximum absolute atomic E-state index is 12.9. The first-order valence-electron chi connectivity index (χ1n) is 11.3. The van der Waals surface area contributed by atoms with E-state index < -0.39 is 6.04 Å². The van der Waals surface area contributed by atoms with Crippen LogP contribution in [0.4, 0.5) is 0 Å². The Morgan fingerprint density at radius 2 is 2.09 bits per heavy atom. The van der Waals surface area contributed by atoms with E-state index in [9.17, 15) is 4.79 Å². The molecule has 1 aliphatic heterocycles. The van der Waals surface area contributed by atoms with Crippen LogP contribution in [0.1, 0.15) is 37.8 Å². The van der Waals surface area contributed by atoms with Crippen molar-refractivity contribution in [3.8, 4) is 22.9 Å². The summed E-state index contributed by atoms with van der Waals surface area (Å²) in [4.78, 5) is 14.2. The van der Waals surface area contributed by atoms with Crippen molar-refractivity contribution in [3.05, 3.63) is 53.1 Å². The number of amides is 1. The number of benzene rings is 2. The summed E-state index contributed by atoms with van der Waals surface area (Å²) in [5.74, 6) is 1.51. The molecule has 10 heteroatoms. The summed E-state index contributed by atoms with van der Waals surface area (Å²) in [5, 5.41) is 16.1. The van der Waals surface area contributed by atoms with Gasteiger partial charge in [0.05, 0.1) is 13.2 Å². The average molecular weight is 486 g/mol. The summed E-state index contributed by atoms with van der Waals surface area (Å²) in [6, 6.07) is 12.2. The maximum Gasteiger partial charge on any atom is 0.247 e. The second kappa shape index (κ2) is 11.3. The van der Waals surface area contributed by atoms with Crippen LogP contribution in [0.3, 0.4) is 0 Å². The number of hydrogen-bond donors (Lipinski definition) is 1. The molecule has 1 N–H and O–H groups in total. The van der Waals surface area contributed by atoms with Gasteiger partial charge in [0.25, 0.3) is 0 Å². The Kier molecular flexibility index (Phi) is 7.97. The standard InChI is InChI=1S/C24H28ClN5O4/c1-3-20(30-28-23(27-29-30)17-7-9-18(25)10-8-17)24(31)26-14-16-6-11-21(22(13-16)32-2)34-15-19-5-4-12-33-19/h6-11,13,19-20H,3-5,12,14-15H2,1-2H3,(H,26,31). The van der Waals surface area contributed by atoms with Gasteiger partial charge in [-0.1, -0.05) is 24.6 Å². The molecule has 1 saturated heterocycles. The lowest BCUT2D eigenvalue weighted by molar-refractivity contribution is -0.125. The normalized spacial score (nSPS) is 16.3. The highest BCUT2D eigenvalue weighted by molar-refractivity contribution is 6.30. The molecule has 0 spiro atoms. The Labute approximate surface area is 203 Å². The Morgan fingerprint density at radius 3 is 2.79 bits per heavy atom. The number of nitrogens with zero attached hydrogens (tertiary/aromatic N) is 4. The molecule has 0 aliphatic carbocycles. The lowest BCUT2D eigenvalue weighted by atomic mass is 10.1. The first-order chi connectivity index (χ1) is 16.6. The van der Waals surface area contributed by atoms with Crippen molar-refractivity contribution in [2.24, 2.45) is 0 Å². The van der Waals surface area contributed by atoms with E-state index in [1.165, 1.54) is 4.80 Å². The molecule has 3 aromatic rings. The quantitative estimate of drug-likeness (QED) is 0.465. The van der Waals surface area contributed by atoms with Gasteiger partial charge in [0.15, 0.2) is 17.5 Å². The molecule has 2 heterocycles. The largest absolute Gasteiger partial charge is 0.493 e. The minimum Gasteiger partial charge on any atom is -0.493 e. The summed E-state index contributed by atoms with van der Waals surface area (Å²) in [7, 11) is 1.60. The third kappa shape index (κ3) is 5.84. The van der Waals surface area contributed by atoms with E-state index in [0.29, 0.717) is 41.9 Å². The fraction of sp³-hybridized carbons (Fsp3) is 0.417. The van der Waals surface area contributed by atoms with Crippen LogP contribution in [0.5, 0.6) is 11.5 Å². The number of ether oxygens (including phenoxy) is 3. The van der Waals surface area contributed by atoms with Crippen molar-refractivity contribution in [2.45, 2.75) is 44.9 Å². The van der Waals surface area contributed by atoms with Gasteiger partial charge in [0.1, 0.15) is 6.61 Å². The van der Waals surface area contributed by atoms with Crippen molar-refractivity contribution in [1.82, 2.24) is 25.5 Å². The third-order valence-corrected chi connectivity index (χ3v) is 5.89.